The highest BCUT2D eigenvalue weighted by atomic mass is 31.2. The molecule has 0 fully saturated rings. The maximum absolute atomic E-state index is 11.5. The molecular formula is C8H16N3O6P. The Hall–Kier alpha value is -1.44. The molecule has 1 atom stereocenters. The zero-order valence-electron chi connectivity index (χ0n) is 9.59. The number of rotatable bonds is 8. The predicted octanol–water partition coefficient (Wildman–Crippen LogP) is -2.12. The van der Waals surface area contributed by atoms with E-state index in [1.165, 1.54) is 0 Å². The van der Waals surface area contributed by atoms with Gasteiger partial charge in [-0.2, -0.15) is 0 Å². The van der Waals surface area contributed by atoms with Gasteiger partial charge >= 0.3 is 5.97 Å². The standard InChI is InChI=1S/C8H16N3O6P/c9-3-7(13)11-5-18(16,17)2-1-6(12)10-4-8(14)15/h1-5,9H2,(H,10,12)(H,11,13)(H,14,15)(H,16,17). The van der Waals surface area contributed by atoms with Crippen molar-refractivity contribution in [3.8, 4) is 0 Å². The van der Waals surface area contributed by atoms with E-state index in [9.17, 15) is 23.8 Å². The van der Waals surface area contributed by atoms with Crippen molar-refractivity contribution < 1.29 is 28.9 Å². The van der Waals surface area contributed by atoms with Gasteiger partial charge in [-0.05, 0) is 0 Å². The smallest absolute Gasteiger partial charge is 0.322 e. The Balaban J connectivity index is 3.95. The van der Waals surface area contributed by atoms with Crippen molar-refractivity contribution in [2.24, 2.45) is 5.73 Å². The summed E-state index contributed by atoms with van der Waals surface area (Å²) in [5.41, 5.74) is 4.99. The zero-order chi connectivity index (χ0) is 14.2. The van der Waals surface area contributed by atoms with Gasteiger partial charge in [0, 0.05) is 12.6 Å². The van der Waals surface area contributed by atoms with Gasteiger partial charge in [0.15, 0.2) is 0 Å². The first-order valence-corrected chi connectivity index (χ1v) is 7.06. The van der Waals surface area contributed by atoms with Crippen LogP contribution >= 0.6 is 7.37 Å². The lowest BCUT2D eigenvalue weighted by Gasteiger charge is -2.11. The molecule has 0 saturated carbocycles. The van der Waals surface area contributed by atoms with Crippen molar-refractivity contribution in [3.05, 3.63) is 0 Å². The number of carboxylic acid groups (broad SMARTS) is 1. The lowest BCUT2D eigenvalue weighted by atomic mass is 10.4. The normalized spacial score (nSPS) is 13.4. The number of hydrogen-bond acceptors (Lipinski definition) is 5. The van der Waals surface area contributed by atoms with E-state index in [0.29, 0.717) is 0 Å². The van der Waals surface area contributed by atoms with Gasteiger partial charge in [-0.15, -0.1) is 0 Å². The van der Waals surface area contributed by atoms with Crippen LogP contribution in [0.1, 0.15) is 6.42 Å². The van der Waals surface area contributed by atoms with Gasteiger partial charge in [0.1, 0.15) is 6.54 Å². The Morgan fingerprint density at radius 3 is 2.28 bits per heavy atom. The van der Waals surface area contributed by atoms with Crippen molar-refractivity contribution in [2.75, 3.05) is 25.5 Å². The molecule has 0 aromatic heterocycles. The Morgan fingerprint density at radius 2 is 1.78 bits per heavy atom. The highest BCUT2D eigenvalue weighted by Gasteiger charge is 2.20. The molecule has 0 aromatic carbocycles. The molecule has 9 nitrogen and oxygen atoms in total. The van der Waals surface area contributed by atoms with E-state index in [1.54, 1.807) is 0 Å². The number of nitrogens with two attached hydrogens (primary N) is 1. The second-order valence-electron chi connectivity index (χ2n) is 3.45. The number of aliphatic carboxylic acids is 1. The Bertz CT molecular complexity index is 372. The van der Waals surface area contributed by atoms with Crippen LogP contribution in [-0.2, 0) is 18.9 Å². The van der Waals surface area contributed by atoms with Crippen LogP contribution in [0.5, 0.6) is 0 Å². The number of carbonyl (C=O) groups excluding carboxylic acids is 2. The van der Waals surface area contributed by atoms with E-state index in [-0.39, 0.29) is 19.1 Å². The van der Waals surface area contributed by atoms with Gasteiger partial charge in [-0.3, -0.25) is 18.9 Å². The van der Waals surface area contributed by atoms with Crippen LogP contribution in [0, 0.1) is 0 Å². The molecule has 0 bridgehead atoms. The number of carbonyl (C=O) groups is 3. The fraction of sp³-hybridized carbons (Fsp3) is 0.625. The van der Waals surface area contributed by atoms with Crippen LogP contribution in [0.25, 0.3) is 0 Å². The summed E-state index contributed by atoms with van der Waals surface area (Å²) in [5, 5.41) is 12.5. The monoisotopic (exact) mass is 281 g/mol. The number of amides is 2. The fourth-order valence-corrected chi connectivity index (χ4v) is 2.04. The molecule has 18 heavy (non-hydrogen) atoms. The third-order valence-electron chi connectivity index (χ3n) is 1.83. The molecule has 10 heteroatoms. The van der Waals surface area contributed by atoms with Crippen molar-refractivity contribution in [3.63, 3.8) is 0 Å². The molecule has 0 aromatic rings. The molecule has 0 saturated heterocycles. The van der Waals surface area contributed by atoms with E-state index in [1.807, 2.05) is 0 Å². The number of carboxylic acids is 1. The fourth-order valence-electron chi connectivity index (χ4n) is 0.902. The highest BCUT2D eigenvalue weighted by molar-refractivity contribution is 7.58. The molecule has 1 unspecified atom stereocenters. The minimum atomic E-state index is -3.66. The Kier molecular flexibility index (Phi) is 7.18. The van der Waals surface area contributed by atoms with Crippen LogP contribution in [0.3, 0.4) is 0 Å². The first-order chi connectivity index (χ1) is 8.26. The first kappa shape index (κ1) is 16.6. The topological polar surface area (TPSA) is 159 Å². The second-order valence-corrected chi connectivity index (χ2v) is 5.91. The largest absolute Gasteiger partial charge is 0.480 e. The predicted molar refractivity (Wildman–Crippen MR) is 62.0 cm³/mol. The molecule has 0 aliphatic rings. The molecule has 0 radical (unpaired) electrons. The summed E-state index contributed by atoms with van der Waals surface area (Å²) in [5.74, 6) is -2.41. The maximum Gasteiger partial charge on any atom is 0.322 e. The first-order valence-electron chi connectivity index (χ1n) is 5.03. The molecule has 6 N–H and O–H groups in total. The van der Waals surface area contributed by atoms with E-state index < -0.39 is 38.0 Å². The molecule has 104 valence electrons. The van der Waals surface area contributed by atoms with Crippen LogP contribution in [0.2, 0.25) is 0 Å². The van der Waals surface area contributed by atoms with E-state index >= 15 is 0 Å². The Labute approximate surface area is 103 Å². The van der Waals surface area contributed by atoms with E-state index in [4.69, 9.17) is 10.8 Å². The van der Waals surface area contributed by atoms with Crippen molar-refractivity contribution >= 4 is 25.2 Å². The minimum absolute atomic E-state index is 0.292. The molecule has 0 heterocycles. The van der Waals surface area contributed by atoms with Crippen LogP contribution in [0.4, 0.5) is 0 Å². The summed E-state index contributed by atoms with van der Waals surface area (Å²) < 4.78 is 11.5. The molecule has 0 aliphatic carbocycles. The van der Waals surface area contributed by atoms with Gasteiger partial charge in [0.05, 0.1) is 12.8 Å². The summed E-state index contributed by atoms with van der Waals surface area (Å²) in [7, 11) is -3.66. The lowest BCUT2D eigenvalue weighted by molar-refractivity contribution is -0.137. The highest BCUT2D eigenvalue weighted by Crippen LogP contribution is 2.39. The summed E-state index contributed by atoms with van der Waals surface area (Å²) in [6.45, 7) is -0.836. The van der Waals surface area contributed by atoms with Gasteiger partial charge in [-0.1, -0.05) is 0 Å². The van der Waals surface area contributed by atoms with Crippen LogP contribution in [0.15, 0.2) is 0 Å². The van der Waals surface area contributed by atoms with E-state index in [2.05, 4.69) is 10.6 Å². The van der Waals surface area contributed by atoms with Gasteiger partial charge in [-0.25, -0.2) is 0 Å². The summed E-state index contributed by atoms with van der Waals surface area (Å²) >= 11 is 0. The number of nitrogens with one attached hydrogen (secondary N) is 2. The lowest BCUT2D eigenvalue weighted by Crippen LogP contribution is -2.32. The molecule has 0 aliphatic heterocycles. The van der Waals surface area contributed by atoms with Crippen molar-refractivity contribution in [2.45, 2.75) is 6.42 Å². The summed E-state index contributed by atoms with van der Waals surface area (Å²) in [6, 6.07) is 0. The van der Waals surface area contributed by atoms with E-state index in [0.717, 1.165) is 0 Å². The third-order valence-corrected chi connectivity index (χ3v) is 3.41. The zero-order valence-corrected chi connectivity index (χ0v) is 10.5. The molecular weight excluding hydrogens is 265 g/mol. The average Bonchev–Trinajstić information content (AvgIpc) is 2.31. The summed E-state index contributed by atoms with van der Waals surface area (Å²) in [4.78, 5) is 41.4. The third kappa shape index (κ3) is 8.68. The van der Waals surface area contributed by atoms with Crippen molar-refractivity contribution in [1.82, 2.24) is 10.6 Å². The average molecular weight is 281 g/mol. The minimum Gasteiger partial charge on any atom is -0.480 e. The molecule has 0 rings (SSSR count). The Morgan fingerprint density at radius 1 is 1.17 bits per heavy atom. The van der Waals surface area contributed by atoms with Gasteiger partial charge in [0.2, 0.25) is 19.2 Å². The number of hydrogen-bond donors (Lipinski definition) is 5. The second kappa shape index (κ2) is 7.80. The molecule has 2 amide bonds. The van der Waals surface area contributed by atoms with Gasteiger partial charge < -0.3 is 26.4 Å². The molecule has 0 spiro atoms. The SMILES string of the molecule is NCC(=O)NCP(=O)(O)CCC(=O)NCC(=O)O. The maximum atomic E-state index is 11.5. The van der Waals surface area contributed by atoms with Crippen LogP contribution < -0.4 is 16.4 Å². The van der Waals surface area contributed by atoms with Gasteiger partial charge in [0.25, 0.3) is 0 Å². The van der Waals surface area contributed by atoms with Crippen molar-refractivity contribution in [1.29, 1.82) is 0 Å². The quantitative estimate of drug-likeness (QED) is 0.318. The van der Waals surface area contributed by atoms with Crippen LogP contribution in [-0.4, -0.2) is 53.3 Å². The summed E-state index contributed by atoms with van der Waals surface area (Å²) in [6.07, 6.45) is -1.10.